The Balaban J connectivity index is 2.33. The van der Waals surface area contributed by atoms with Crippen LogP contribution in [-0.4, -0.2) is 11.0 Å². The molecule has 0 aliphatic rings. The van der Waals surface area contributed by atoms with E-state index in [1.54, 1.807) is 6.07 Å². The molecule has 2 rings (SSSR count). The molecule has 0 heterocycles. The molecule has 0 saturated heterocycles. The first kappa shape index (κ1) is 15.4. The molecule has 3 nitrogen and oxygen atoms in total. The van der Waals surface area contributed by atoms with Gasteiger partial charge in [-0.3, -0.25) is 4.79 Å². The SMILES string of the molecule is Cc1cc(Br)c(NC(=O)c2ccc(Cl)cc2O)c(Br)c1. The molecule has 1 amide bonds. The molecule has 2 aromatic rings. The van der Waals surface area contributed by atoms with Crippen LogP contribution in [0.3, 0.4) is 0 Å². The number of nitrogens with one attached hydrogen (secondary N) is 1. The molecule has 0 aliphatic heterocycles. The number of phenolic OH excluding ortho intramolecular Hbond substituents is 1. The zero-order valence-corrected chi connectivity index (χ0v) is 14.3. The van der Waals surface area contributed by atoms with Crippen molar-refractivity contribution in [3.8, 4) is 5.75 Å². The molecule has 20 heavy (non-hydrogen) atoms. The highest BCUT2D eigenvalue weighted by atomic mass is 79.9. The summed E-state index contributed by atoms with van der Waals surface area (Å²) in [6.07, 6.45) is 0. The third-order valence-electron chi connectivity index (χ3n) is 2.63. The first-order valence-electron chi connectivity index (χ1n) is 5.64. The number of amides is 1. The molecule has 104 valence electrons. The van der Waals surface area contributed by atoms with Gasteiger partial charge in [-0.1, -0.05) is 11.6 Å². The number of phenols is 1. The number of aromatic hydroxyl groups is 1. The molecule has 0 spiro atoms. The van der Waals surface area contributed by atoms with Gasteiger partial charge in [0.15, 0.2) is 0 Å². The van der Waals surface area contributed by atoms with Gasteiger partial charge in [0.25, 0.3) is 5.91 Å². The van der Waals surface area contributed by atoms with Gasteiger partial charge < -0.3 is 10.4 Å². The second-order valence-electron chi connectivity index (χ2n) is 4.22. The lowest BCUT2D eigenvalue weighted by molar-refractivity contribution is 0.102. The molecule has 0 unspecified atom stereocenters. The van der Waals surface area contributed by atoms with E-state index in [-0.39, 0.29) is 11.3 Å². The molecule has 0 radical (unpaired) electrons. The van der Waals surface area contributed by atoms with Gasteiger partial charge in [0.1, 0.15) is 5.75 Å². The summed E-state index contributed by atoms with van der Waals surface area (Å²) in [4.78, 5) is 12.2. The molecule has 6 heteroatoms. The summed E-state index contributed by atoms with van der Waals surface area (Å²) in [7, 11) is 0. The van der Waals surface area contributed by atoms with E-state index in [1.165, 1.54) is 12.1 Å². The summed E-state index contributed by atoms with van der Waals surface area (Å²) in [5.74, 6) is -0.571. The van der Waals surface area contributed by atoms with Gasteiger partial charge in [-0.05, 0) is 74.7 Å². The van der Waals surface area contributed by atoms with Gasteiger partial charge in [-0.15, -0.1) is 0 Å². The van der Waals surface area contributed by atoms with Crippen LogP contribution in [0.15, 0.2) is 39.3 Å². The van der Waals surface area contributed by atoms with E-state index in [2.05, 4.69) is 37.2 Å². The standard InChI is InChI=1S/C14H10Br2ClNO2/c1-7-4-10(15)13(11(16)5-7)18-14(20)9-3-2-8(17)6-12(9)19/h2-6,19H,1H3,(H,18,20). The van der Waals surface area contributed by atoms with E-state index >= 15 is 0 Å². The second-order valence-corrected chi connectivity index (χ2v) is 6.36. The predicted molar refractivity (Wildman–Crippen MR) is 87.6 cm³/mol. The smallest absolute Gasteiger partial charge is 0.259 e. The fourth-order valence-corrected chi connectivity index (χ4v) is 3.48. The molecule has 0 aromatic heterocycles. The Labute approximate surface area is 138 Å². The van der Waals surface area contributed by atoms with Gasteiger partial charge in [-0.25, -0.2) is 0 Å². The minimum atomic E-state index is -0.413. The number of hydrogen-bond donors (Lipinski definition) is 2. The maximum absolute atomic E-state index is 12.2. The predicted octanol–water partition coefficient (Wildman–Crippen LogP) is 5.13. The molecule has 0 fully saturated rings. The lowest BCUT2D eigenvalue weighted by Gasteiger charge is -2.11. The summed E-state index contributed by atoms with van der Waals surface area (Å²) >= 11 is 12.5. The Morgan fingerprint density at radius 2 is 1.80 bits per heavy atom. The number of carbonyl (C=O) groups excluding carboxylic acids is 1. The zero-order chi connectivity index (χ0) is 14.9. The van der Waals surface area contributed by atoms with Crippen LogP contribution in [0.25, 0.3) is 0 Å². The fourth-order valence-electron chi connectivity index (χ4n) is 1.70. The number of aryl methyl sites for hydroxylation is 1. The van der Waals surface area contributed by atoms with E-state index in [1.807, 2.05) is 19.1 Å². The van der Waals surface area contributed by atoms with Crippen LogP contribution >= 0.6 is 43.5 Å². The van der Waals surface area contributed by atoms with Crippen LogP contribution < -0.4 is 5.32 Å². The van der Waals surface area contributed by atoms with Crippen molar-refractivity contribution in [3.05, 3.63) is 55.4 Å². The number of hydrogen-bond acceptors (Lipinski definition) is 2. The highest BCUT2D eigenvalue weighted by Gasteiger charge is 2.15. The molecule has 0 atom stereocenters. The lowest BCUT2D eigenvalue weighted by Crippen LogP contribution is -2.13. The summed E-state index contributed by atoms with van der Waals surface area (Å²) in [5.41, 5.74) is 1.82. The van der Waals surface area contributed by atoms with Crippen molar-refractivity contribution in [2.75, 3.05) is 5.32 Å². The number of anilines is 1. The largest absolute Gasteiger partial charge is 0.507 e. The Bertz CT molecular complexity index is 666. The second kappa shape index (κ2) is 6.16. The molecule has 2 N–H and O–H groups in total. The Hall–Kier alpha value is -1.04. The summed E-state index contributed by atoms with van der Waals surface area (Å²) in [5, 5.41) is 12.9. The Morgan fingerprint density at radius 3 is 2.35 bits per heavy atom. The van der Waals surface area contributed by atoms with Crippen LogP contribution in [0.1, 0.15) is 15.9 Å². The minimum absolute atomic E-state index is 0.158. The fraction of sp³-hybridized carbons (Fsp3) is 0.0714. The summed E-state index contributed by atoms with van der Waals surface area (Å²) in [6.45, 7) is 1.95. The minimum Gasteiger partial charge on any atom is -0.507 e. The van der Waals surface area contributed by atoms with Gasteiger partial charge in [-0.2, -0.15) is 0 Å². The van der Waals surface area contributed by atoms with E-state index in [0.29, 0.717) is 10.7 Å². The van der Waals surface area contributed by atoms with Gasteiger partial charge in [0, 0.05) is 14.0 Å². The van der Waals surface area contributed by atoms with Crippen LogP contribution in [0.4, 0.5) is 5.69 Å². The van der Waals surface area contributed by atoms with E-state index in [4.69, 9.17) is 11.6 Å². The first-order valence-corrected chi connectivity index (χ1v) is 7.60. The molecule has 2 aromatic carbocycles. The average molecular weight is 420 g/mol. The molecule has 0 bridgehead atoms. The maximum atomic E-state index is 12.2. The molecular weight excluding hydrogens is 409 g/mol. The van der Waals surface area contributed by atoms with E-state index in [9.17, 15) is 9.90 Å². The van der Waals surface area contributed by atoms with E-state index in [0.717, 1.165) is 14.5 Å². The molecule has 0 aliphatic carbocycles. The number of carbonyl (C=O) groups is 1. The van der Waals surface area contributed by atoms with Crippen molar-refractivity contribution < 1.29 is 9.90 Å². The van der Waals surface area contributed by atoms with Crippen molar-refractivity contribution in [2.45, 2.75) is 6.92 Å². The summed E-state index contributed by atoms with van der Waals surface area (Å²) in [6, 6.07) is 8.14. The maximum Gasteiger partial charge on any atom is 0.259 e. The highest BCUT2D eigenvalue weighted by Crippen LogP contribution is 2.33. The van der Waals surface area contributed by atoms with Gasteiger partial charge >= 0.3 is 0 Å². The number of rotatable bonds is 2. The Kier molecular flexibility index (Phi) is 4.73. The van der Waals surface area contributed by atoms with Gasteiger partial charge in [0.2, 0.25) is 0 Å². The van der Waals surface area contributed by atoms with Crippen molar-refractivity contribution in [1.82, 2.24) is 0 Å². The van der Waals surface area contributed by atoms with Crippen LogP contribution in [-0.2, 0) is 0 Å². The zero-order valence-electron chi connectivity index (χ0n) is 10.4. The Morgan fingerprint density at radius 1 is 1.20 bits per heavy atom. The van der Waals surface area contributed by atoms with E-state index < -0.39 is 5.91 Å². The van der Waals surface area contributed by atoms with Crippen LogP contribution in [0, 0.1) is 6.92 Å². The average Bonchev–Trinajstić information content (AvgIpc) is 2.33. The van der Waals surface area contributed by atoms with Gasteiger partial charge in [0.05, 0.1) is 11.3 Å². The van der Waals surface area contributed by atoms with Crippen molar-refractivity contribution in [2.24, 2.45) is 0 Å². The third kappa shape index (κ3) is 3.34. The van der Waals surface area contributed by atoms with Crippen molar-refractivity contribution in [1.29, 1.82) is 0 Å². The third-order valence-corrected chi connectivity index (χ3v) is 4.12. The lowest BCUT2D eigenvalue weighted by atomic mass is 10.1. The topological polar surface area (TPSA) is 49.3 Å². The normalized spacial score (nSPS) is 10.4. The quantitative estimate of drug-likeness (QED) is 0.709. The number of halogens is 3. The number of benzene rings is 2. The van der Waals surface area contributed by atoms with Crippen LogP contribution in [0.2, 0.25) is 5.02 Å². The summed E-state index contributed by atoms with van der Waals surface area (Å²) < 4.78 is 1.51. The molecule has 0 saturated carbocycles. The highest BCUT2D eigenvalue weighted by molar-refractivity contribution is 9.11. The van der Waals surface area contributed by atoms with Crippen molar-refractivity contribution >= 4 is 55.1 Å². The van der Waals surface area contributed by atoms with Crippen molar-refractivity contribution in [3.63, 3.8) is 0 Å². The van der Waals surface area contributed by atoms with Crippen LogP contribution in [0.5, 0.6) is 5.75 Å². The molecular formula is C14H10Br2ClNO2. The first-order chi connectivity index (χ1) is 9.38. The monoisotopic (exact) mass is 417 g/mol.